The summed E-state index contributed by atoms with van der Waals surface area (Å²) in [7, 11) is 0.274. The second-order valence-electron chi connectivity index (χ2n) is 8.19. The van der Waals surface area contributed by atoms with E-state index in [4.69, 9.17) is 0 Å². The Morgan fingerprint density at radius 2 is 1.59 bits per heavy atom. The van der Waals surface area contributed by atoms with Gasteiger partial charge in [-0.1, -0.05) is 42.5 Å². The molecule has 0 bridgehead atoms. The summed E-state index contributed by atoms with van der Waals surface area (Å²) in [5.41, 5.74) is 4.44. The summed E-state index contributed by atoms with van der Waals surface area (Å²) in [6, 6.07) is 19.8. The van der Waals surface area contributed by atoms with Crippen molar-refractivity contribution in [2.24, 2.45) is 0 Å². The average Bonchev–Trinajstić information content (AvgIpc) is 2.74. The van der Waals surface area contributed by atoms with Crippen molar-refractivity contribution in [1.29, 1.82) is 0 Å². The number of nitrogens with zero attached hydrogens (tertiary/aromatic N) is 1. The van der Waals surface area contributed by atoms with Crippen molar-refractivity contribution in [3.63, 3.8) is 0 Å². The normalized spacial score (nSPS) is 11.4. The average molecular weight is 452 g/mol. The molecule has 2 N–H and O–H groups in total. The van der Waals surface area contributed by atoms with E-state index in [1.807, 2.05) is 51.4 Å². The third-order valence-electron chi connectivity index (χ3n) is 4.98. The minimum Gasteiger partial charge on any atom is -0.348 e. The SMILES string of the molecule is Cc1ccc(C)c(S(=O)(=O)Nc2cccc(C(=O)NCc3ccc(CN(C)C)cc3)c2)c1. The Bertz CT molecular complexity index is 1200. The second kappa shape index (κ2) is 9.97. The highest BCUT2D eigenvalue weighted by Gasteiger charge is 2.18. The number of hydrogen-bond donors (Lipinski definition) is 2. The number of sulfonamides is 1. The van der Waals surface area contributed by atoms with E-state index in [-0.39, 0.29) is 10.8 Å². The van der Waals surface area contributed by atoms with Crippen LogP contribution >= 0.6 is 0 Å². The fourth-order valence-electron chi connectivity index (χ4n) is 3.34. The molecule has 0 fully saturated rings. The summed E-state index contributed by atoms with van der Waals surface area (Å²) >= 11 is 0. The lowest BCUT2D eigenvalue weighted by atomic mass is 10.1. The topological polar surface area (TPSA) is 78.5 Å². The van der Waals surface area contributed by atoms with Crippen LogP contribution in [0.1, 0.15) is 32.6 Å². The summed E-state index contributed by atoms with van der Waals surface area (Å²) in [5, 5.41) is 2.89. The Kier molecular flexibility index (Phi) is 7.33. The van der Waals surface area contributed by atoms with Crippen LogP contribution < -0.4 is 10.0 Å². The third-order valence-corrected chi connectivity index (χ3v) is 6.51. The van der Waals surface area contributed by atoms with E-state index in [9.17, 15) is 13.2 Å². The van der Waals surface area contributed by atoms with Gasteiger partial charge in [0.15, 0.2) is 0 Å². The van der Waals surface area contributed by atoms with Gasteiger partial charge in [-0.3, -0.25) is 9.52 Å². The maximum absolute atomic E-state index is 12.8. The van der Waals surface area contributed by atoms with Crippen LogP contribution in [0, 0.1) is 13.8 Å². The molecule has 1 amide bonds. The van der Waals surface area contributed by atoms with Crippen molar-refractivity contribution in [2.45, 2.75) is 31.8 Å². The fraction of sp³-hybridized carbons (Fsp3) is 0.240. The van der Waals surface area contributed by atoms with Gasteiger partial charge in [-0.15, -0.1) is 0 Å². The molecule has 3 aromatic carbocycles. The number of aryl methyl sites for hydroxylation is 2. The molecule has 0 aliphatic carbocycles. The van der Waals surface area contributed by atoms with Gasteiger partial charge in [0.2, 0.25) is 0 Å². The van der Waals surface area contributed by atoms with Crippen LogP contribution in [0.25, 0.3) is 0 Å². The maximum Gasteiger partial charge on any atom is 0.262 e. The van der Waals surface area contributed by atoms with Crippen LogP contribution in [0.5, 0.6) is 0 Å². The Balaban J connectivity index is 1.67. The zero-order valence-corrected chi connectivity index (χ0v) is 19.7. The Hall–Kier alpha value is -3.16. The lowest BCUT2D eigenvalue weighted by Gasteiger charge is -2.12. The molecule has 0 unspecified atom stereocenters. The molecule has 168 valence electrons. The van der Waals surface area contributed by atoms with Crippen LogP contribution in [-0.4, -0.2) is 33.3 Å². The number of benzene rings is 3. The number of hydrogen-bond acceptors (Lipinski definition) is 4. The number of nitrogens with one attached hydrogen (secondary N) is 2. The first-order chi connectivity index (χ1) is 15.1. The molecule has 0 aliphatic heterocycles. The monoisotopic (exact) mass is 451 g/mol. The Labute approximate surface area is 190 Å². The smallest absolute Gasteiger partial charge is 0.262 e. The van der Waals surface area contributed by atoms with E-state index in [1.165, 1.54) is 11.6 Å². The molecule has 6 nitrogen and oxygen atoms in total. The lowest BCUT2D eigenvalue weighted by Crippen LogP contribution is -2.23. The van der Waals surface area contributed by atoms with Crippen molar-refractivity contribution >= 4 is 21.6 Å². The molecule has 3 aromatic rings. The molecule has 0 aliphatic rings. The number of carbonyl (C=O) groups excluding carboxylic acids is 1. The van der Waals surface area contributed by atoms with Gasteiger partial charge in [0.1, 0.15) is 0 Å². The minimum atomic E-state index is -3.76. The van der Waals surface area contributed by atoms with Gasteiger partial charge in [0, 0.05) is 24.3 Å². The molecular weight excluding hydrogens is 422 g/mol. The summed E-state index contributed by atoms with van der Waals surface area (Å²) < 4.78 is 28.3. The predicted octanol–water partition coefficient (Wildman–Crippen LogP) is 4.10. The van der Waals surface area contributed by atoms with Gasteiger partial charge in [0.05, 0.1) is 4.90 Å². The van der Waals surface area contributed by atoms with E-state index < -0.39 is 10.0 Å². The molecule has 7 heteroatoms. The number of rotatable bonds is 8. The van der Waals surface area contributed by atoms with Crippen molar-refractivity contribution < 1.29 is 13.2 Å². The van der Waals surface area contributed by atoms with Crippen molar-refractivity contribution in [2.75, 3.05) is 18.8 Å². The molecular formula is C25H29N3O3S. The molecule has 0 radical (unpaired) electrons. The second-order valence-corrected chi connectivity index (χ2v) is 9.84. The largest absolute Gasteiger partial charge is 0.348 e. The number of anilines is 1. The van der Waals surface area contributed by atoms with E-state index in [0.717, 1.165) is 17.7 Å². The summed E-state index contributed by atoms with van der Waals surface area (Å²) in [4.78, 5) is 14.9. The fourth-order valence-corrected chi connectivity index (χ4v) is 4.72. The summed E-state index contributed by atoms with van der Waals surface area (Å²) in [6.07, 6.45) is 0. The third kappa shape index (κ3) is 6.18. The quantitative estimate of drug-likeness (QED) is 0.541. The van der Waals surface area contributed by atoms with Gasteiger partial charge in [-0.05, 0) is 74.5 Å². The summed E-state index contributed by atoms with van der Waals surface area (Å²) in [6.45, 7) is 4.85. The van der Waals surface area contributed by atoms with E-state index in [0.29, 0.717) is 23.4 Å². The van der Waals surface area contributed by atoms with Crippen molar-refractivity contribution in [1.82, 2.24) is 10.2 Å². The molecule has 0 spiro atoms. The van der Waals surface area contributed by atoms with E-state index in [1.54, 1.807) is 37.3 Å². The molecule has 32 heavy (non-hydrogen) atoms. The minimum absolute atomic E-state index is 0.227. The van der Waals surface area contributed by atoms with Gasteiger partial charge in [-0.25, -0.2) is 8.42 Å². The molecule has 0 saturated heterocycles. The Morgan fingerprint density at radius 3 is 2.28 bits per heavy atom. The number of carbonyl (C=O) groups is 1. The first-order valence-corrected chi connectivity index (χ1v) is 11.8. The van der Waals surface area contributed by atoms with Crippen LogP contribution in [0.4, 0.5) is 5.69 Å². The van der Waals surface area contributed by atoms with Crippen LogP contribution in [0.3, 0.4) is 0 Å². The lowest BCUT2D eigenvalue weighted by molar-refractivity contribution is 0.0951. The standard InChI is InChI=1S/C25H29N3O3S/c1-18-8-9-19(2)24(14-18)32(30,31)27-23-7-5-6-22(15-23)25(29)26-16-20-10-12-21(13-11-20)17-28(3)4/h5-15,27H,16-17H2,1-4H3,(H,26,29). The van der Waals surface area contributed by atoms with Crippen LogP contribution in [0.2, 0.25) is 0 Å². The van der Waals surface area contributed by atoms with E-state index >= 15 is 0 Å². The number of amides is 1. The summed E-state index contributed by atoms with van der Waals surface area (Å²) in [5.74, 6) is -0.268. The van der Waals surface area contributed by atoms with Gasteiger partial charge in [-0.2, -0.15) is 0 Å². The van der Waals surface area contributed by atoms with Crippen LogP contribution in [-0.2, 0) is 23.1 Å². The van der Waals surface area contributed by atoms with Crippen molar-refractivity contribution in [3.8, 4) is 0 Å². The zero-order chi connectivity index (χ0) is 23.3. The highest BCUT2D eigenvalue weighted by molar-refractivity contribution is 7.92. The molecule has 0 atom stereocenters. The highest BCUT2D eigenvalue weighted by atomic mass is 32.2. The maximum atomic E-state index is 12.8. The zero-order valence-electron chi connectivity index (χ0n) is 18.8. The van der Waals surface area contributed by atoms with Crippen molar-refractivity contribution in [3.05, 3.63) is 94.5 Å². The molecule has 0 saturated carbocycles. The first kappa shape index (κ1) is 23.5. The first-order valence-electron chi connectivity index (χ1n) is 10.3. The van der Waals surface area contributed by atoms with E-state index in [2.05, 4.69) is 14.9 Å². The van der Waals surface area contributed by atoms with Gasteiger partial charge < -0.3 is 10.2 Å². The van der Waals surface area contributed by atoms with Gasteiger partial charge in [0.25, 0.3) is 15.9 Å². The molecule has 0 aromatic heterocycles. The molecule has 3 rings (SSSR count). The predicted molar refractivity (Wildman–Crippen MR) is 128 cm³/mol. The van der Waals surface area contributed by atoms with Crippen LogP contribution in [0.15, 0.2) is 71.6 Å². The highest BCUT2D eigenvalue weighted by Crippen LogP contribution is 2.21. The Morgan fingerprint density at radius 1 is 0.906 bits per heavy atom. The molecule has 0 heterocycles. The van der Waals surface area contributed by atoms with Gasteiger partial charge >= 0.3 is 0 Å².